The van der Waals surface area contributed by atoms with Crippen LogP contribution in [0.2, 0.25) is 0 Å². The second kappa shape index (κ2) is 5.84. The van der Waals surface area contributed by atoms with E-state index in [1.54, 1.807) is 18.9 Å². The Kier molecular flexibility index (Phi) is 3.89. The van der Waals surface area contributed by atoms with E-state index in [1.165, 1.54) is 0 Å². The van der Waals surface area contributed by atoms with Gasteiger partial charge in [0.05, 0.1) is 6.04 Å². The van der Waals surface area contributed by atoms with Crippen molar-refractivity contribution in [2.75, 3.05) is 13.7 Å². The molecule has 2 aromatic rings. The number of aryl methyl sites for hydroxylation is 1. The molecule has 1 aliphatic rings. The third-order valence-corrected chi connectivity index (χ3v) is 3.94. The molecule has 1 fully saturated rings. The van der Waals surface area contributed by atoms with Crippen LogP contribution in [-0.2, 0) is 11.3 Å². The van der Waals surface area contributed by atoms with Crippen molar-refractivity contribution in [3.8, 4) is 0 Å². The number of hydrogen-bond acceptors (Lipinski definition) is 4. The van der Waals surface area contributed by atoms with E-state index in [0.29, 0.717) is 24.5 Å². The number of nitrogens with zero attached hydrogens (tertiary/aromatic N) is 1. The van der Waals surface area contributed by atoms with E-state index < -0.39 is 0 Å². The number of carbonyl (C=O) groups excluding carboxylic acids is 1. The maximum atomic E-state index is 12.7. The molecular formula is C15H19N3O4. The van der Waals surface area contributed by atoms with E-state index in [1.807, 2.05) is 12.1 Å². The van der Waals surface area contributed by atoms with E-state index in [9.17, 15) is 9.59 Å². The molecule has 22 heavy (non-hydrogen) atoms. The Morgan fingerprint density at radius 2 is 2.27 bits per heavy atom. The van der Waals surface area contributed by atoms with Crippen molar-refractivity contribution in [3.05, 3.63) is 45.5 Å². The van der Waals surface area contributed by atoms with Gasteiger partial charge in [-0.1, -0.05) is 0 Å². The van der Waals surface area contributed by atoms with E-state index in [-0.39, 0.29) is 17.6 Å². The quantitative estimate of drug-likeness (QED) is 0.900. The normalized spacial score (nSPS) is 18.1. The molecule has 1 atom stereocenters. The summed E-state index contributed by atoms with van der Waals surface area (Å²) in [6, 6.07) is 3.65. The van der Waals surface area contributed by atoms with Gasteiger partial charge in [-0.3, -0.25) is 4.79 Å². The molecule has 1 aliphatic heterocycles. The summed E-state index contributed by atoms with van der Waals surface area (Å²) < 4.78 is 10.8. The monoisotopic (exact) mass is 305 g/mol. The van der Waals surface area contributed by atoms with Crippen LogP contribution in [0.25, 0.3) is 0 Å². The number of nitrogens with one attached hydrogen (secondary N) is 2. The third-order valence-electron chi connectivity index (χ3n) is 3.94. The molecule has 2 aromatic heterocycles. The number of aromatic nitrogens is 2. The van der Waals surface area contributed by atoms with Gasteiger partial charge < -0.3 is 24.0 Å². The fourth-order valence-corrected chi connectivity index (χ4v) is 2.93. The highest BCUT2D eigenvalue weighted by molar-refractivity contribution is 5.93. The molecule has 1 saturated heterocycles. The van der Waals surface area contributed by atoms with Crippen LogP contribution in [0, 0.1) is 6.92 Å². The molecule has 118 valence electrons. The van der Waals surface area contributed by atoms with Crippen LogP contribution < -0.4 is 5.69 Å². The van der Waals surface area contributed by atoms with Gasteiger partial charge in [0.25, 0.3) is 5.91 Å². The van der Waals surface area contributed by atoms with Crippen molar-refractivity contribution in [1.29, 1.82) is 0 Å². The molecular weight excluding hydrogens is 286 g/mol. The Bertz CT molecular complexity index is 727. The number of imidazole rings is 1. The van der Waals surface area contributed by atoms with Crippen LogP contribution >= 0.6 is 0 Å². The van der Waals surface area contributed by atoms with Gasteiger partial charge in [-0.05, 0) is 31.9 Å². The van der Waals surface area contributed by atoms with Crippen LogP contribution in [0.4, 0.5) is 0 Å². The molecule has 0 radical (unpaired) electrons. The minimum Gasteiger partial charge on any atom is -0.461 e. The number of aromatic amines is 2. The van der Waals surface area contributed by atoms with Crippen molar-refractivity contribution < 1.29 is 13.9 Å². The van der Waals surface area contributed by atoms with Crippen LogP contribution in [0.1, 0.15) is 46.6 Å². The van der Waals surface area contributed by atoms with Gasteiger partial charge >= 0.3 is 5.69 Å². The minimum absolute atomic E-state index is 0.101. The molecule has 3 heterocycles. The molecule has 0 saturated carbocycles. The van der Waals surface area contributed by atoms with Crippen molar-refractivity contribution in [2.24, 2.45) is 0 Å². The molecule has 7 nitrogen and oxygen atoms in total. The number of methoxy groups -OCH3 is 1. The summed E-state index contributed by atoms with van der Waals surface area (Å²) in [7, 11) is 1.61. The number of hydrogen-bond donors (Lipinski definition) is 2. The smallest absolute Gasteiger partial charge is 0.323 e. The second-order valence-electron chi connectivity index (χ2n) is 5.47. The zero-order valence-corrected chi connectivity index (χ0v) is 12.6. The molecule has 1 unspecified atom stereocenters. The fourth-order valence-electron chi connectivity index (χ4n) is 2.93. The Morgan fingerprint density at radius 3 is 2.95 bits per heavy atom. The van der Waals surface area contributed by atoms with Crippen molar-refractivity contribution in [1.82, 2.24) is 14.9 Å². The van der Waals surface area contributed by atoms with Crippen LogP contribution in [0.15, 0.2) is 21.3 Å². The lowest BCUT2D eigenvalue weighted by Gasteiger charge is -2.22. The average molecular weight is 305 g/mol. The first-order chi connectivity index (χ1) is 10.6. The lowest BCUT2D eigenvalue weighted by atomic mass is 10.1. The fraction of sp³-hybridized carbons (Fsp3) is 0.467. The average Bonchev–Trinajstić information content (AvgIpc) is 3.17. The Labute approximate surface area is 127 Å². The molecule has 1 amide bonds. The van der Waals surface area contributed by atoms with Crippen molar-refractivity contribution >= 4 is 5.91 Å². The summed E-state index contributed by atoms with van der Waals surface area (Å²) >= 11 is 0. The summed E-state index contributed by atoms with van der Waals surface area (Å²) in [5.41, 5.74) is 0.512. The molecule has 7 heteroatoms. The summed E-state index contributed by atoms with van der Waals surface area (Å²) in [5.74, 6) is 1.32. The first kappa shape index (κ1) is 14.6. The van der Waals surface area contributed by atoms with E-state index in [0.717, 1.165) is 24.4 Å². The number of ether oxygens (including phenoxy) is 1. The van der Waals surface area contributed by atoms with E-state index >= 15 is 0 Å². The number of carbonyl (C=O) groups is 1. The van der Waals surface area contributed by atoms with Gasteiger partial charge in [-0.25, -0.2) is 4.79 Å². The Hall–Kier alpha value is -2.28. The van der Waals surface area contributed by atoms with Gasteiger partial charge in [-0.2, -0.15) is 0 Å². The lowest BCUT2D eigenvalue weighted by molar-refractivity contribution is 0.0709. The second-order valence-corrected chi connectivity index (χ2v) is 5.47. The number of furan rings is 1. The molecule has 2 N–H and O–H groups in total. The zero-order chi connectivity index (χ0) is 15.7. The van der Waals surface area contributed by atoms with Crippen LogP contribution in [0.3, 0.4) is 0 Å². The van der Waals surface area contributed by atoms with Crippen LogP contribution in [-0.4, -0.2) is 34.4 Å². The number of likely N-dealkylation sites (tertiary alicyclic amines) is 1. The van der Waals surface area contributed by atoms with Gasteiger partial charge in [0.2, 0.25) is 0 Å². The SMILES string of the molecule is COCc1ccc(C2CCCN2C(=O)c2[nH]c(=O)[nH]c2C)o1. The predicted octanol–water partition coefficient (Wildman–Crippen LogP) is 1.73. The highest BCUT2D eigenvalue weighted by Crippen LogP contribution is 2.34. The molecule has 0 aliphatic carbocycles. The summed E-state index contributed by atoms with van der Waals surface area (Å²) in [6.45, 7) is 2.77. The highest BCUT2D eigenvalue weighted by atomic mass is 16.5. The Morgan fingerprint density at radius 1 is 1.45 bits per heavy atom. The van der Waals surface area contributed by atoms with Crippen molar-refractivity contribution in [3.63, 3.8) is 0 Å². The molecule has 0 bridgehead atoms. The largest absolute Gasteiger partial charge is 0.461 e. The van der Waals surface area contributed by atoms with E-state index in [4.69, 9.17) is 9.15 Å². The van der Waals surface area contributed by atoms with E-state index in [2.05, 4.69) is 9.97 Å². The summed E-state index contributed by atoms with van der Waals surface area (Å²) in [6.07, 6.45) is 1.75. The summed E-state index contributed by atoms with van der Waals surface area (Å²) in [4.78, 5) is 30.9. The lowest BCUT2D eigenvalue weighted by Crippen LogP contribution is -2.31. The molecule has 0 aromatic carbocycles. The van der Waals surface area contributed by atoms with Gasteiger partial charge in [0.1, 0.15) is 23.8 Å². The molecule has 0 spiro atoms. The standard InChI is InChI=1S/C15H19N3O4/c1-9-13(17-15(20)16-9)14(19)18-7-3-4-11(18)12-6-5-10(22-12)8-21-2/h5-6,11H,3-4,7-8H2,1-2H3,(H2,16,17,20). The number of rotatable bonds is 4. The molecule has 3 rings (SSSR count). The Balaban J connectivity index is 1.84. The minimum atomic E-state index is -0.364. The van der Waals surface area contributed by atoms with Gasteiger partial charge in [0, 0.05) is 19.3 Å². The predicted molar refractivity (Wildman–Crippen MR) is 78.6 cm³/mol. The van der Waals surface area contributed by atoms with Crippen molar-refractivity contribution in [2.45, 2.75) is 32.4 Å². The first-order valence-corrected chi connectivity index (χ1v) is 7.27. The maximum Gasteiger partial charge on any atom is 0.323 e. The third kappa shape index (κ3) is 2.59. The first-order valence-electron chi connectivity index (χ1n) is 7.27. The maximum absolute atomic E-state index is 12.7. The van der Waals surface area contributed by atoms with Gasteiger partial charge in [-0.15, -0.1) is 0 Å². The number of H-pyrrole nitrogens is 2. The zero-order valence-electron chi connectivity index (χ0n) is 12.6. The van der Waals surface area contributed by atoms with Crippen LogP contribution in [0.5, 0.6) is 0 Å². The summed E-state index contributed by atoms with van der Waals surface area (Å²) in [5, 5.41) is 0. The highest BCUT2D eigenvalue weighted by Gasteiger charge is 2.34. The topological polar surface area (TPSA) is 91.3 Å². The van der Waals surface area contributed by atoms with Gasteiger partial charge in [0.15, 0.2) is 0 Å². The number of amides is 1.